The highest BCUT2D eigenvalue weighted by molar-refractivity contribution is 6.33. The van der Waals surface area contributed by atoms with Crippen LogP contribution in [0.5, 0.6) is 0 Å². The van der Waals surface area contributed by atoms with Crippen molar-refractivity contribution in [3.05, 3.63) is 70.7 Å². The molecule has 2 aromatic carbocycles. The molecule has 0 saturated carbocycles. The number of halogens is 1. The third-order valence-electron chi connectivity index (χ3n) is 5.67. The van der Waals surface area contributed by atoms with Crippen LogP contribution in [0.15, 0.2) is 54.6 Å². The Hall–Kier alpha value is -2.33. The van der Waals surface area contributed by atoms with E-state index in [0.29, 0.717) is 49.1 Å². The Morgan fingerprint density at radius 1 is 0.897 bits per heavy atom. The normalized spacial score (nSPS) is 15.9. The Morgan fingerprint density at radius 2 is 1.52 bits per heavy atom. The molecular weight excluding hydrogens is 384 g/mol. The molecule has 1 saturated heterocycles. The van der Waals surface area contributed by atoms with Crippen molar-refractivity contribution in [1.29, 1.82) is 0 Å². The second-order valence-corrected chi connectivity index (χ2v) is 8.38. The molecule has 154 valence electrons. The van der Waals surface area contributed by atoms with Crippen LogP contribution in [0.3, 0.4) is 0 Å². The van der Waals surface area contributed by atoms with E-state index in [1.165, 1.54) is 5.56 Å². The van der Waals surface area contributed by atoms with Crippen molar-refractivity contribution in [2.24, 2.45) is 5.92 Å². The Bertz CT molecular complexity index is 838. The fourth-order valence-corrected chi connectivity index (χ4v) is 4.15. The Balaban J connectivity index is 1.63. The number of carbonyl (C=O) groups is 2. The minimum absolute atomic E-state index is 0.0609. The van der Waals surface area contributed by atoms with Crippen molar-refractivity contribution in [3.63, 3.8) is 0 Å². The van der Waals surface area contributed by atoms with Gasteiger partial charge in [-0.3, -0.25) is 9.59 Å². The van der Waals surface area contributed by atoms with Crippen LogP contribution in [0.4, 0.5) is 0 Å². The fourth-order valence-electron chi connectivity index (χ4n) is 3.93. The zero-order valence-electron chi connectivity index (χ0n) is 17.2. The van der Waals surface area contributed by atoms with E-state index in [1.807, 2.05) is 40.1 Å². The zero-order valence-corrected chi connectivity index (χ0v) is 17.9. The van der Waals surface area contributed by atoms with Crippen LogP contribution >= 0.6 is 11.6 Å². The van der Waals surface area contributed by atoms with E-state index in [-0.39, 0.29) is 17.7 Å². The van der Waals surface area contributed by atoms with Gasteiger partial charge in [-0.15, -0.1) is 0 Å². The second kappa shape index (κ2) is 9.93. The molecule has 0 aliphatic carbocycles. The van der Waals surface area contributed by atoms with Gasteiger partial charge in [-0.25, -0.2) is 0 Å². The molecule has 0 bridgehead atoms. The summed E-state index contributed by atoms with van der Waals surface area (Å²) in [6.45, 7) is 6.75. The van der Waals surface area contributed by atoms with Crippen LogP contribution in [0.1, 0.15) is 48.5 Å². The lowest BCUT2D eigenvalue weighted by Crippen LogP contribution is -2.38. The molecule has 0 spiro atoms. The Kier molecular flexibility index (Phi) is 7.32. The van der Waals surface area contributed by atoms with E-state index in [9.17, 15) is 9.59 Å². The van der Waals surface area contributed by atoms with Gasteiger partial charge >= 0.3 is 0 Å². The summed E-state index contributed by atoms with van der Waals surface area (Å²) >= 11 is 6.19. The summed E-state index contributed by atoms with van der Waals surface area (Å²) in [6.07, 6.45) is 1.28. The standard InChI is InChI=1S/C24H29ClN2O2/c1-18(2)21(19-9-4-3-5-10-19)17-23(28)26-13-8-14-27(16-15-26)24(29)20-11-6-7-12-22(20)25/h3-7,9-12,18,21H,8,13-17H2,1-2H3. The lowest BCUT2D eigenvalue weighted by atomic mass is 9.85. The SMILES string of the molecule is CC(C)C(CC(=O)N1CCCN(C(=O)c2ccccc2Cl)CC1)c1ccccc1. The van der Waals surface area contributed by atoms with E-state index >= 15 is 0 Å². The van der Waals surface area contributed by atoms with Gasteiger partial charge in [0.05, 0.1) is 10.6 Å². The molecule has 0 radical (unpaired) electrons. The van der Waals surface area contributed by atoms with Gasteiger partial charge in [-0.2, -0.15) is 0 Å². The van der Waals surface area contributed by atoms with E-state index in [2.05, 4.69) is 26.0 Å². The highest BCUT2D eigenvalue weighted by Crippen LogP contribution is 2.28. The molecule has 4 nitrogen and oxygen atoms in total. The summed E-state index contributed by atoms with van der Waals surface area (Å²) < 4.78 is 0. The molecular formula is C24H29ClN2O2. The number of nitrogens with zero attached hydrogens (tertiary/aromatic N) is 2. The first-order chi connectivity index (χ1) is 14.0. The number of amides is 2. The van der Waals surface area contributed by atoms with Crippen molar-refractivity contribution in [3.8, 4) is 0 Å². The molecule has 5 heteroatoms. The minimum atomic E-state index is -0.0609. The molecule has 1 fully saturated rings. The molecule has 1 heterocycles. The summed E-state index contributed by atoms with van der Waals surface area (Å²) in [5.41, 5.74) is 1.74. The number of rotatable bonds is 5. The molecule has 29 heavy (non-hydrogen) atoms. The maximum atomic E-state index is 13.0. The highest BCUT2D eigenvalue weighted by atomic mass is 35.5. The van der Waals surface area contributed by atoms with E-state index in [0.717, 1.165) is 6.42 Å². The van der Waals surface area contributed by atoms with Gasteiger partial charge in [0, 0.05) is 32.6 Å². The summed E-state index contributed by atoms with van der Waals surface area (Å²) in [6, 6.07) is 17.4. The molecule has 1 atom stereocenters. The smallest absolute Gasteiger partial charge is 0.255 e. The van der Waals surface area contributed by atoms with Gasteiger partial charge < -0.3 is 9.80 Å². The Morgan fingerprint density at radius 3 is 2.21 bits per heavy atom. The molecule has 0 N–H and O–H groups in total. The molecule has 2 aromatic rings. The van der Waals surface area contributed by atoms with Crippen LogP contribution < -0.4 is 0 Å². The summed E-state index contributed by atoms with van der Waals surface area (Å²) in [5, 5.41) is 0.470. The summed E-state index contributed by atoms with van der Waals surface area (Å²) in [4.78, 5) is 29.6. The van der Waals surface area contributed by atoms with Crippen molar-refractivity contribution >= 4 is 23.4 Å². The van der Waals surface area contributed by atoms with Crippen LogP contribution in [0, 0.1) is 5.92 Å². The zero-order chi connectivity index (χ0) is 20.8. The molecule has 1 aliphatic rings. The molecule has 1 unspecified atom stereocenters. The number of hydrogen-bond acceptors (Lipinski definition) is 2. The summed E-state index contributed by atoms with van der Waals surface area (Å²) in [7, 11) is 0. The van der Waals surface area contributed by atoms with Gasteiger partial charge in [-0.1, -0.05) is 67.9 Å². The first-order valence-corrected chi connectivity index (χ1v) is 10.7. The number of carbonyl (C=O) groups excluding carboxylic acids is 2. The first kappa shape index (κ1) is 21.4. The molecule has 2 amide bonds. The van der Waals surface area contributed by atoms with Crippen LogP contribution in [0.2, 0.25) is 5.02 Å². The largest absolute Gasteiger partial charge is 0.341 e. The van der Waals surface area contributed by atoms with E-state index in [4.69, 9.17) is 11.6 Å². The third kappa shape index (κ3) is 5.39. The summed E-state index contributed by atoms with van der Waals surface area (Å²) in [5.74, 6) is 0.688. The minimum Gasteiger partial charge on any atom is -0.341 e. The predicted molar refractivity (Wildman–Crippen MR) is 117 cm³/mol. The fraction of sp³-hybridized carbons (Fsp3) is 0.417. The third-order valence-corrected chi connectivity index (χ3v) is 6.00. The average molecular weight is 413 g/mol. The quantitative estimate of drug-likeness (QED) is 0.704. The highest BCUT2D eigenvalue weighted by Gasteiger charge is 2.26. The van der Waals surface area contributed by atoms with Crippen molar-refractivity contribution in [2.75, 3.05) is 26.2 Å². The van der Waals surface area contributed by atoms with Crippen molar-refractivity contribution in [1.82, 2.24) is 9.80 Å². The number of hydrogen-bond donors (Lipinski definition) is 0. The monoisotopic (exact) mass is 412 g/mol. The molecule has 1 aliphatic heterocycles. The first-order valence-electron chi connectivity index (χ1n) is 10.3. The average Bonchev–Trinajstić information content (AvgIpc) is 2.98. The van der Waals surface area contributed by atoms with Crippen molar-refractivity contribution < 1.29 is 9.59 Å². The lowest BCUT2D eigenvalue weighted by Gasteiger charge is -2.26. The van der Waals surface area contributed by atoms with Gasteiger partial charge in [-0.05, 0) is 36.0 Å². The van der Waals surface area contributed by atoms with E-state index in [1.54, 1.807) is 12.1 Å². The van der Waals surface area contributed by atoms with E-state index < -0.39 is 0 Å². The van der Waals surface area contributed by atoms with Crippen LogP contribution in [-0.2, 0) is 4.79 Å². The number of benzene rings is 2. The second-order valence-electron chi connectivity index (χ2n) is 7.97. The van der Waals surface area contributed by atoms with Crippen LogP contribution in [-0.4, -0.2) is 47.8 Å². The lowest BCUT2D eigenvalue weighted by molar-refractivity contribution is -0.131. The topological polar surface area (TPSA) is 40.6 Å². The van der Waals surface area contributed by atoms with Gasteiger partial charge in [0.15, 0.2) is 0 Å². The Labute approximate surface area is 178 Å². The van der Waals surface area contributed by atoms with Gasteiger partial charge in [0.2, 0.25) is 5.91 Å². The maximum Gasteiger partial charge on any atom is 0.255 e. The van der Waals surface area contributed by atoms with Gasteiger partial charge in [0.25, 0.3) is 5.91 Å². The van der Waals surface area contributed by atoms with Crippen LogP contribution in [0.25, 0.3) is 0 Å². The van der Waals surface area contributed by atoms with Crippen molar-refractivity contribution in [2.45, 2.75) is 32.6 Å². The maximum absolute atomic E-state index is 13.0. The van der Waals surface area contributed by atoms with Gasteiger partial charge in [0.1, 0.15) is 0 Å². The molecule has 3 rings (SSSR count). The molecule has 0 aromatic heterocycles. The predicted octanol–water partition coefficient (Wildman–Crippen LogP) is 4.84.